The summed E-state index contributed by atoms with van der Waals surface area (Å²) in [6, 6.07) is 19.4. The van der Waals surface area contributed by atoms with Crippen LogP contribution in [0.15, 0.2) is 83.7 Å². The van der Waals surface area contributed by atoms with Crippen molar-refractivity contribution in [3.63, 3.8) is 0 Å². The van der Waals surface area contributed by atoms with Crippen LogP contribution in [0.5, 0.6) is 0 Å². The van der Waals surface area contributed by atoms with Gasteiger partial charge in [0, 0.05) is 61.1 Å². The smallest absolute Gasteiger partial charge is 0.276 e. The number of fused-ring (bicyclic) bond motifs is 1. The lowest BCUT2D eigenvalue weighted by Gasteiger charge is -2.34. The van der Waals surface area contributed by atoms with E-state index < -0.39 is 0 Å². The third-order valence-electron chi connectivity index (χ3n) is 7.09. The number of nitrogens with zero attached hydrogens (tertiary/aromatic N) is 4. The molecule has 10 nitrogen and oxygen atoms in total. The number of H-pyrrole nitrogens is 1. The average molecular weight is 535 g/mol. The summed E-state index contributed by atoms with van der Waals surface area (Å²) in [7, 11) is 2.12. The van der Waals surface area contributed by atoms with Crippen LogP contribution >= 0.6 is 0 Å². The Balaban J connectivity index is 1.17. The quantitative estimate of drug-likeness (QED) is 0.282. The second kappa shape index (κ2) is 11.0. The van der Waals surface area contributed by atoms with Crippen molar-refractivity contribution in [2.75, 3.05) is 43.4 Å². The van der Waals surface area contributed by atoms with Crippen LogP contribution < -0.4 is 20.9 Å². The predicted octanol–water partition coefficient (Wildman–Crippen LogP) is 3.18. The maximum absolute atomic E-state index is 13.1. The fraction of sp³-hybridized carbons (Fsp3) is 0.200. The van der Waals surface area contributed by atoms with E-state index in [-0.39, 0.29) is 17.5 Å². The highest BCUT2D eigenvalue weighted by molar-refractivity contribution is 6.14. The number of rotatable bonds is 6. The molecule has 1 saturated heterocycles. The van der Waals surface area contributed by atoms with Gasteiger partial charge in [-0.25, -0.2) is 9.98 Å². The van der Waals surface area contributed by atoms with E-state index in [2.05, 4.69) is 47.8 Å². The first-order valence-electron chi connectivity index (χ1n) is 13.2. The largest absolute Gasteiger partial charge is 0.369 e. The van der Waals surface area contributed by atoms with Gasteiger partial charge in [0.2, 0.25) is 5.96 Å². The summed E-state index contributed by atoms with van der Waals surface area (Å²) >= 11 is 0. The molecule has 202 valence electrons. The summed E-state index contributed by atoms with van der Waals surface area (Å²) in [5, 5.41) is 9.65. The number of pyridine rings is 1. The van der Waals surface area contributed by atoms with Gasteiger partial charge < -0.3 is 25.4 Å². The van der Waals surface area contributed by atoms with Crippen LogP contribution in [0, 0.1) is 0 Å². The first-order valence-corrected chi connectivity index (χ1v) is 13.2. The molecule has 40 heavy (non-hydrogen) atoms. The molecule has 10 heteroatoms. The van der Waals surface area contributed by atoms with Crippen molar-refractivity contribution in [2.24, 2.45) is 4.99 Å². The van der Waals surface area contributed by atoms with E-state index in [0.717, 1.165) is 48.4 Å². The molecular formula is C30H30N8O2. The molecule has 2 aliphatic heterocycles. The molecule has 0 spiro atoms. The van der Waals surface area contributed by atoms with Crippen molar-refractivity contribution in [3.05, 3.63) is 95.4 Å². The Kier molecular flexibility index (Phi) is 6.98. The number of benzene rings is 2. The van der Waals surface area contributed by atoms with Gasteiger partial charge in [0.25, 0.3) is 11.8 Å². The molecule has 0 unspecified atom stereocenters. The van der Waals surface area contributed by atoms with E-state index in [1.807, 2.05) is 60.7 Å². The van der Waals surface area contributed by atoms with Gasteiger partial charge in [-0.3, -0.25) is 14.9 Å². The number of carbonyl (C=O) groups is 2. The third-order valence-corrected chi connectivity index (χ3v) is 7.09. The van der Waals surface area contributed by atoms with Gasteiger partial charge in [0.05, 0.1) is 11.9 Å². The summed E-state index contributed by atoms with van der Waals surface area (Å²) in [5.74, 6) is -0.0890. The van der Waals surface area contributed by atoms with E-state index in [1.165, 1.54) is 0 Å². The lowest BCUT2D eigenvalue weighted by Crippen LogP contribution is -2.44. The molecule has 0 atom stereocenters. The number of piperazine rings is 1. The second-order valence-electron chi connectivity index (χ2n) is 9.94. The van der Waals surface area contributed by atoms with Crippen LogP contribution in [0.1, 0.15) is 21.5 Å². The standard InChI is InChI=1S/C30H30N8O2/c1-37-10-12-38(13-11-37)24-9-5-8-21(14-24)28(39)34-23-16-25-22(18-31-27(25)32-19-23)15-26-29(40)36-30(35-26)33-17-20-6-3-2-4-7-20/h2-9,14-16,18-19H,10-13,17H2,1H3,(H,31,32)(H,34,39)(H2,33,35,36,40). The van der Waals surface area contributed by atoms with Crippen molar-refractivity contribution in [1.29, 1.82) is 0 Å². The van der Waals surface area contributed by atoms with Gasteiger partial charge in [-0.2, -0.15) is 0 Å². The van der Waals surface area contributed by atoms with Crippen molar-refractivity contribution in [3.8, 4) is 0 Å². The highest BCUT2D eigenvalue weighted by Crippen LogP contribution is 2.24. The van der Waals surface area contributed by atoms with Crippen LogP contribution in [0.4, 0.5) is 11.4 Å². The number of amides is 2. The molecule has 2 amide bonds. The summed E-state index contributed by atoms with van der Waals surface area (Å²) in [5.41, 5.74) is 4.95. The molecule has 6 rings (SSSR count). The minimum absolute atomic E-state index is 0.207. The van der Waals surface area contributed by atoms with Crippen LogP contribution in [0.25, 0.3) is 17.1 Å². The SMILES string of the molecule is CN1CCN(c2cccc(C(=O)Nc3cnc4[nH]cc(C=C5N=C(NCc6ccccc6)NC5=O)c4c3)c2)CC1. The van der Waals surface area contributed by atoms with E-state index >= 15 is 0 Å². The molecule has 2 aromatic heterocycles. The van der Waals surface area contributed by atoms with Gasteiger partial charge in [0.1, 0.15) is 11.3 Å². The molecule has 1 fully saturated rings. The molecule has 0 saturated carbocycles. The van der Waals surface area contributed by atoms with Gasteiger partial charge in [-0.05, 0) is 43.0 Å². The third kappa shape index (κ3) is 5.57. The monoisotopic (exact) mass is 534 g/mol. The fourth-order valence-electron chi connectivity index (χ4n) is 4.80. The molecule has 2 aliphatic rings. The highest BCUT2D eigenvalue weighted by atomic mass is 16.2. The van der Waals surface area contributed by atoms with Crippen molar-refractivity contribution < 1.29 is 9.59 Å². The van der Waals surface area contributed by atoms with Gasteiger partial charge in [0.15, 0.2) is 0 Å². The number of aromatic amines is 1. The van der Waals surface area contributed by atoms with Gasteiger partial charge >= 0.3 is 0 Å². The van der Waals surface area contributed by atoms with E-state index in [4.69, 9.17) is 0 Å². The van der Waals surface area contributed by atoms with Crippen LogP contribution in [0.2, 0.25) is 0 Å². The van der Waals surface area contributed by atoms with Gasteiger partial charge in [-0.1, -0.05) is 36.4 Å². The maximum atomic E-state index is 13.1. The normalized spacial score (nSPS) is 16.7. The Morgan fingerprint density at radius 2 is 1.88 bits per heavy atom. The minimum Gasteiger partial charge on any atom is -0.369 e. The maximum Gasteiger partial charge on any atom is 0.276 e. The van der Waals surface area contributed by atoms with Crippen LogP contribution in [0.3, 0.4) is 0 Å². The molecule has 0 bridgehead atoms. The molecule has 4 heterocycles. The lowest BCUT2D eigenvalue weighted by atomic mass is 10.1. The minimum atomic E-state index is -0.289. The molecule has 2 aromatic carbocycles. The van der Waals surface area contributed by atoms with E-state index in [9.17, 15) is 9.59 Å². The van der Waals surface area contributed by atoms with E-state index in [0.29, 0.717) is 29.4 Å². The Hall–Kier alpha value is -4.96. The van der Waals surface area contributed by atoms with Gasteiger partial charge in [-0.15, -0.1) is 0 Å². The number of nitrogens with one attached hydrogen (secondary N) is 4. The first kappa shape index (κ1) is 25.3. The summed E-state index contributed by atoms with van der Waals surface area (Å²) in [6.07, 6.45) is 5.09. The Morgan fingerprint density at radius 1 is 1.05 bits per heavy atom. The molecule has 4 aromatic rings. The van der Waals surface area contributed by atoms with Crippen molar-refractivity contribution in [1.82, 2.24) is 25.5 Å². The Bertz CT molecular complexity index is 1620. The number of carbonyl (C=O) groups excluding carboxylic acids is 2. The number of hydrogen-bond acceptors (Lipinski definition) is 7. The Morgan fingerprint density at radius 3 is 2.70 bits per heavy atom. The molecule has 4 N–H and O–H groups in total. The first-order chi connectivity index (χ1) is 19.5. The number of anilines is 2. The Labute approximate surface area is 231 Å². The zero-order valence-electron chi connectivity index (χ0n) is 22.1. The van der Waals surface area contributed by atoms with Crippen molar-refractivity contribution >= 4 is 46.3 Å². The number of aromatic nitrogens is 2. The zero-order valence-corrected chi connectivity index (χ0v) is 22.1. The predicted molar refractivity (Wildman–Crippen MR) is 157 cm³/mol. The summed E-state index contributed by atoms with van der Waals surface area (Å²) in [6.45, 7) is 4.40. The number of hydrogen-bond donors (Lipinski definition) is 4. The number of guanidine groups is 1. The lowest BCUT2D eigenvalue weighted by molar-refractivity contribution is -0.115. The molecular weight excluding hydrogens is 504 g/mol. The number of aliphatic imine (C=N–C) groups is 1. The highest BCUT2D eigenvalue weighted by Gasteiger charge is 2.21. The second-order valence-corrected chi connectivity index (χ2v) is 9.94. The summed E-state index contributed by atoms with van der Waals surface area (Å²) in [4.78, 5) is 42.3. The van der Waals surface area contributed by atoms with E-state index in [1.54, 1.807) is 18.5 Å². The molecule has 0 radical (unpaired) electrons. The number of likely N-dealkylation sites (N-methyl/N-ethyl adjacent to an activating group) is 1. The van der Waals surface area contributed by atoms with Crippen molar-refractivity contribution in [2.45, 2.75) is 6.54 Å². The zero-order chi connectivity index (χ0) is 27.5. The topological polar surface area (TPSA) is 118 Å². The summed E-state index contributed by atoms with van der Waals surface area (Å²) < 4.78 is 0. The fourth-order valence-corrected chi connectivity index (χ4v) is 4.80. The van der Waals surface area contributed by atoms with Crippen LogP contribution in [-0.2, 0) is 11.3 Å². The molecule has 0 aliphatic carbocycles. The average Bonchev–Trinajstić information content (AvgIpc) is 3.55. The van der Waals surface area contributed by atoms with Crippen LogP contribution in [-0.4, -0.2) is 65.9 Å².